The van der Waals surface area contributed by atoms with Gasteiger partial charge in [-0.2, -0.15) is 0 Å². The van der Waals surface area contributed by atoms with Crippen LogP contribution < -0.4 is 4.74 Å². The minimum absolute atomic E-state index is 0.107. The summed E-state index contributed by atoms with van der Waals surface area (Å²) in [6.07, 6.45) is 2.59. The second-order valence-corrected chi connectivity index (χ2v) is 5.80. The standard InChI is InChI=1S/C13H16BrNO4/c1-8(16)11-5-10(14)6-12(15(17)18)13(11)19-7-9-3-2-4-9/h5-6,8-9,16H,2-4,7H2,1H3/t8-/m0/s1. The van der Waals surface area contributed by atoms with Crippen LogP contribution >= 0.6 is 15.9 Å². The molecule has 5 nitrogen and oxygen atoms in total. The van der Waals surface area contributed by atoms with Gasteiger partial charge in [0.2, 0.25) is 5.75 Å². The van der Waals surface area contributed by atoms with Gasteiger partial charge in [0.1, 0.15) is 0 Å². The smallest absolute Gasteiger partial charge is 0.312 e. The Morgan fingerprint density at radius 2 is 2.26 bits per heavy atom. The highest BCUT2D eigenvalue weighted by Crippen LogP contribution is 2.39. The SMILES string of the molecule is C[C@H](O)c1cc(Br)cc([N+](=O)[O-])c1OCC1CCC1. The number of nitro benzene ring substituents is 1. The number of aliphatic hydroxyl groups excluding tert-OH is 1. The van der Waals surface area contributed by atoms with E-state index in [0.29, 0.717) is 22.6 Å². The van der Waals surface area contributed by atoms with E-state index in [1.54, 1.807) is 13.0 Å². The lowest BCUT2D eigenvalue weighted by Crippen LogP contribution is -2.20. The van der Waals surface area contributed by atoms with Gasteiger partial charge >= 0.3 is 5.69 Å². The van der Waals surface area contributed by atoms with Crippen molar-refractivity contribution in [2.45, 2.75) is 32.3 Å². The number of nitro groups is 1. The van der Waals surface area contributed by atoms with E-state index in [2.05, 4.69) is 15.9 Å². The van der Waals surface area contributed by atoms with Crippen LogP contribution in [0.1, 0.15) is 37.9 Å². The fourth-order valence-electron chi connectivity index (χ4n) is 2.06. The van der Waals surface area contributed by atoms with E-state index in [9.17, 15) is 15.2 Å². The minimum atomic E-state index is -0.812. The summed E-state index contributed by atoms with van der Waals surface area (Å²) in [4.78, 5) is 10.6. The van der Waals surface area contributed by atoms with Crippen molar-refractivity contribution in [1.82, 2.24) is 0 Å². The minimum Gasteiger partial charge on any atom is -0.486 e. The van der Waals surface area contributed by atoms with Crippen LogP contribution in [0.3, 0.4) is 0 Å². The molecule has 0 aromatic heterocycles. The van der Waals surface area contributed by atoms with Crippen molar-refractivity contribution >= 4 is 21.6 Å². The van der Waals surface area contributed by atoms with Gasteiger partial charge in [-0.15, -0.1) is 0 Å². The molecule has 0 aliphatic heterocycles. The third-order valence-electron chi connectivity index (χ3n) is 3.40. The number of rotatable bonds is 5. The maximum Gasteiger partial charge on any atom is 0.312 e. The van der Waals surface area contributed by atoms with Gasteiger partial charge in [0.05, 0.1) is 17.6 Å². The van der Waals surface area contributed by atoms with Crippen LogP contribution in [0.2, 0.25) is 0 Å². The van der Waals surface area contributed by atoms with E-state index in [4.69, 9.17) is 4.74 Å². The zero-order valence-corrected chi connectivity index (χ0v) is 12.2. The molecule has 1 aliphatic carbocycles. The second kappa shape index (κ2) is 5.88. The summed E-state index contributed by atoms with van der Waals surface area (Å²) >= 11 is 3.22. The first-order chi connectivity index (χ1) is 8.99. The molecule has 104 valence electrons. The predicted molar refractivity (Wildman–Crippen MR) is 74.3 cm³/mol. The van der Waals surface area contributed by atoms with Crippen LogP contribution in [-0.2, 0) is 0 Å². The number of hydrogen-bond acceptors (Lipinski definition) is 4. The summed E-state index contributed by atoms with van der Waals surface area (Å²) < 4.78 is 6.19. The molecule has 19 heavy (non-hydrogen) atoms. The van der Waals surface area contributed by atoms with Crippen molar-refractivity contribution in [3.8, 4) is 5.75 Å². The molecular formula is C13H16BrNO4. The van der Waals surface area contributed by atoms with Crippen LogP contribution in [0, 0.1) is 16.0 Å². The van der Waals surface area contributed by atoms with Gasteiger partial charge in [0.15, 0.2) is 0 Å². The third kappa shape index (κ3) is 3.25. The molecule has 0 spiro atoms. The molecule has 6 heteroatoms. The first-order valence-corrected chi connectivity index (χ1v) is 7.07. The van der Waals surface area contributed by atoms with E-state index in [1.807, 2.05) is 0 Å². The van der Waals surface area contributed by atoms with Crippen molar-refractivity contribution < 1.29 is 14.8 Å². The summed E-state index contributed by atoms with van der Waals surface area (Å²) in [5.41, 5.74) is 0.338. The number of halogens is 1. The normalized spacial score (nSPS) is 16.8. The van der Waals surface area contributed by atoms with Gasteiger partial charge in [0.25, 0.3) is 0 Å². The van der Waals surface area contributed by atoms with Crippen LogP contribution in [-0.4, -0.2) is 16.6 Å². The Kier molecular flexibility index (Phi) is 4.42. The average molecular weight is 330 g/mol. The average Bonchev–Trinajstić information content (AvgIpc) is 2.27. The van der Waals surface area contributed by atoms with E-state index in [1.165, 1.54) is 12.5 Å². The van der Waals surface area contributed by atoms with Crippen LogP contribution in [0.5, 0.6) is 5.75 Å². The number of hydrogen-bond donors (Lipinski definition) is 1. The van der Waals surface area contributed by atoms with Crippen molar-refractivity contribution in [3.05, 3.63) is 32.3 Å². The summed E-state index contributed by atoms with van der Waals surface area (Å²) in [5.74, 6) is 0.667. The lowest BCUT2D eigenvalue weighted by Gasteiger charge is -2.25. The predicted octanol–water partition coefficient (Wildman–Crippen LogP) is 3.59. The number of ether oxygens (including phenoxy) is 1. The Hall–Kier alpha value is -1.14. The molecule has 2 rings (SSSR count). The molecule has 1 saturated carbocycles. The van der Waals surface area contributed by atoms with Gasteiger partial charge in [0, 0.05) is 16.1 Å². The maximum absolute atomic E-state index is 11.1. The fraction of sp³-hybridized carbons (Fsp3) is 0.538. The monoisotopic (exact) mass is 329 g/mol. The van der Waals surface area contributed by atoms with E-state index in [-0.39, 0.29) is 11.4 Å². The highest BCUT2D eigenvalue weighted by Gasteiger charge is 2.25. The number of benzene rings is 1. The highest BCUT2D eigenvalue weighted by atomic mass is 79.9. The number of nitrogens with zero attached hydrogens (tertiary/aromatic N) is 1. The molecule has 1 aromatic rings. The van der Waals surface area contributed by atoms with E-state index in [0.717, 1.165) is 12.8 Å². The maximum atomic E-state index is 11.1. The molecule has 0 radical (unpaired) electrons. The van der Waals surface area contributed by atoms with Gasteiger partial charge in [-0.3, -0.25) is 10.1 Å². The first kappa shape index (κ1) is 14.3. The van der Waals surface area contributed by atoms with Crippen molar-refractivity contribution in [2.24, 2.45) is 5.92 Å². The molecule has 0 saturated heterocycles. The lowest BCUT2D eigenvalue weighted by atomic mass is 9.86. The Labute approximate surface area is 119 Å². The van der Waals surface area contributed by atoms with Gasteiger partial charge in [-0.1, -0.05) is 22.4 Å². The second-order valence-electron chi connectivity index (χ2n) is 4.88. The molecular weight excluding hydrogens is 314 g/mol. The van der Waals surface area contributed by atoms with Crippen molar-refractivity contribution in [2.75, 3.05) is 6.61 Å². The van der Waals surface area contributed by atoms with Gasteiger partial charge in [-0.25, -0.2) is 0 Å². The van der Waals surface area contributed by atoms with Gasteiger partial charge < -0.3 is 9.84 Å². The van der Waals surface area contributed by atoms with Crippen molar-refractivity contribution in [3.63, 3.8) is 0 Å². The van der Waals surface area contributed by atoms with E-state index >= 15 is 0 Å². The summed E-state index contributed by atoms with van der Waals surface area (Å²) in [6.45, 7) is 2.05. The molecule has 0 heterocycles. The fourth-order valence-corrected chi connectivity index (χ4v) is 2.53. The van der Waals surface area contributed by atoms with Crippen LogP contribution in [0.25, 0.3) is 0 Å². The summed E-state index contributed by atoms with van der Waals surface area (Å²) in [5, 5.41) is 20.8. The highest BCUT2D eigenvalue weighted by molar-refractivity contribution is 9.10. The molecule has 1 atom stereocenters. The Bertz CT molecular complexity index is 486. The third-order valence-corrected chi connectivity index (χ3v) is 3.86. The van der Waals surface area contributed by atoms with Gasteiger partial charge in [-0.05, 0) is 31.7 Å². The Morgan fingerprint density at radius 1 is 1.58 bits per heavy atom. The Balaban J connectivity index is 2.32. The molecule has 1 aliphatic rings. The molecule has 0 bridgehead atoms. The summed E-state index contributed by atoms with van der Waals surface area (Å²) in [6, 6.07) is 3.07. The zero-order valence-electron chi connectivity index (χ0n) is 10.6. The van der Waals surface area contributed by atoms with Crippen LogP contribution in [0.4, 0.5) is 5.69 Å². The molecule has 1 aromatic carbocycles. The largest absolute Gasteiger partial charge is 0.486 e. The topological polar surface area (TPSA) is 72.6 Å². The molecule has 0 amide bonds. The summed E-state index contributed by atoms with van der Waals surface area (Å²) in [7, 11) is 0. The zero-order chi connectivity index (χ0) is 14.0. The van der Waals surface area contributed by atoms with Crippen molar-refractivity contribution in [1.29, 1.82) is 0 Å². The Morgan fingerprint density at radius 3 is 2.74 bits per heavy atom. The molecule has 0 unspecified atom stereocenters. The lowest BCUT2D eigenvalue weighted by molar-refractivity contribution is -0.386. The molecule has 1 fully saturated rings. The quantitative estimate of drug-likeness (QED) is 0.661. The van der Waals surface area contributed by atoms with E-state index < -0.39 is 11.0 Å². The number of aliphatic hydroxyl groups is 1. The van der Waals surface area contributed by atoms with Crippen LogP contribution in [0.15, 0.2) is 16.6 Å². The first-order valence-electron chi connectivity index (χ1n) is 6.27. The molecule has 1 N–H and O–H groups in total.